The zero-order chi connectivity index (χ0) is 20.8. The van der Waals surface area contributed by atoms with Gasteiger partial charge < -0.3 is 4.74 Å². The first-order valence-corrected chi connectivity index (χ1v) is 9.51. The fourth-order valence-corrected chi connectivity index (χ4v) is 3.20. The van der Waals surface area contributed by atoms with E-state index >= 15 is 0 Å². The summed E-state index contributed by atoms with van der Waals surface area (Å²) in [5.41, 5.74) is -1.47. The van der Waals surface area contributed by atoms with Crippen LogP contribution < -0.4 is 11.2 Å². The smallest absolute Gasteiger partial charge is 0.339 e. The van der Waals surface area contributed by atoms with Crippen molar-refractivity contribution in [2.24, 2.45) is 0 Å². The standard InChI is InChI=1S/C19H20N2O6S/c1-4-27-18(25)15(11-28-13(3)22)20-10-12(2)16(23)21(19(20)26)17(24)14-8-6-5-7-9-14/h5-10,15H,4,11H2,1-3H3/t15-/m1/s1. The number of aromatic nitrogens is 2. The molecule has 0 aliphatic carbocycles. The molecule has 1 aromatic heterocycles. The molecule has 0 saturated carbocycles. The monoisotopic (exact) mass is 404 g/mol. The molecule has 0 bridgehead atoms. The fraction of sp³-hybridized carbons (Fsp3) is 0.316. The lowest BCUT2D eigenvalue weighted by Crippen LogP contribution is -2.47. The molecular formula is C19H20N2O6S. The minimum atomic E-state index is -1.16. The van der Waals surface area contributed by atoms with Gasteiger partial charge in [0.25, 0.3) is 11.5 Å². The summed E-state index contributed by atoms with van der Waals surface area (Å²) in [5, 5.41) is -0.243. The second kappa shape index (κ2) is 9.32. The summed E-state index contributed by atoms with van der Waals surface area (Å²) in [6, 6.07) is 6.72. The van der Waals surface area contributed by atoms with Crippen LogP contribution >= 0.6 is 11.8 Å². The van der Waals surface area contributed by atoms with Gasteiger partial charge >= 0.3 is 11.7 Å². The Bertz CT molecular complexity index is 1010. The highest BCUT2D eigenvalue weighted by Crippen LogP contribution is 2.16. The van der Waals surface area contributed by atoms with Crippen LogP contribution in [0.25, 0.3) is 0 Å². The van der Waals surface area contributed by atoms with Gasteiger partial charge in [0.1, 0.15) is 6.04 Å². The molecule has 0 aliphatic rings. The Balaban J connectivity index is 2.63. The van der Waals surface area contributed by atoms with Crippen LogP contribution in [0.2, 0.25) is 0 Å². The minimum Gasteiger partial charge on any atom is -0.464 e. The van der Waals surface area contributed by atoms with Gasteiger partial charge in [-0.25, -0.2) is 9.59 Å². The van der Waals surface area contributed by atoms with Crippen molar-refractivity contribution in [2.45, 2.75) is 26.8 Å². The molecular weight excluding hydrogens is 384 g/mol. The van der Waals surface area contributed by atoms with Crippen LogP contribution in [0.15, 0.2) is 46.1 Å². The van der Waals surface area contributed by atoms with Crippen molar-refractivity contribution >= 4 is 28.8 Å². The highest BCUT2D eigenvalue weighted by Gasteiger charge is 2.27. The first kappa shape index (κ1) is 21.4. The molecule has 0 spiro atoms. The van der Waals surface area contributed by atoms with Crippen LogP contribution in [0.5, 0.6) is 0 Å². The quantitative estimate of drug-likeness (QED) is 0.670. The maximum absolute atomic E-state index is 13.0. The lowest BCUT2D eigenvalue weighted by molar-refractivity contribution is -0.146. The van der Waals surface area contributed by atoms with E-state index in [2.05, 4.69) is 0 Å². The van der Waals surface area contributed by atoms with E-state index in [9.17, 15) is 24.0 Å². The topological polar surface area (TPSA) is 104 Å². The van der Waals surface area contributed by atoms with Crippen molar-refractivity contribution in [3.63, 3.8) is 0 Å². The summed E-state index contributed by atoms with van der Waals surface area (Å²) in [4.78, 5) is 61.9. The normalized spacial score (nSPS) is 11.7. The summed E-state index contributed by atoms with van der Waals surface area (Å²) < 4.78 is 6.48. The number of carbonyl (C=O) groups excluding carboxylic acids is 3. The molecule has 0 amide bonds. The number of nitrogens with zero attached hydrogens (tertiary/aromatic N) is 2. The van der Waals surface area contributed by atoms with Gasteiger partial charge in [-0.2, -0.15) is 4.57 Å². The average molecular weight is 404 g/mol. The molecule has 0 unspecified atom stereocenters. The van der Waals surface area contributed by atoms with Gasteiger partial charge in [-0.1, -0.05) is 30.0 Å². The Hall–Kier alpha value is -2.94. The molecule has 1 heterocycles. The maximum atomic E-state index is 13.0. The lowest BCUT2D eigenvalue weighted by atomic mass is 10.2. The Morgan fingerprint density at radius 3 is 2.36 bits per heavy atom. The molecule has 1 aromatic carbocycles. The van der Waals surface area contributed by atoms with Gasteiger partial charge in [0.2, 0.25) is 0 Å². The molecule has 1 atom stereocenters. The van der Waals surface area contributed by atoms with Crippen molar-refractivity contribution < 1.29 is 19.1 Å². The maximum Gasteiger partial charge on any atom is 0.339 e. The van der Waals surface area contributed by atoms with Crippen LogP contribution in [0.4, 0.5) is 0 Å². The third-order valence-corrected chi connectivity index (χ3v) is 4.74. The van der Waals surface area contributed by atoms with E-state index in [0.717, 1.165) is 16.3 Å². The van der Waals surface area contributed by atoms with E-state index in [1.54, 1.807) is 25.1 Å². The Morgan fingerprint density at radius 1 is 1.14 bits per heavy atom. The number of hydrogen-bond acceptors (Lipinski definition) is 7. The van der Waals surface area contributed by atoms with Gasteiger partial charge in [-0.3, -0.25) is 19.0 Å². The largest absolute Gasteiger partial charge is 0.464 e. The number of benzene rings is 1. The number of aryl methyl sites for hydroxylation is 1. The SMILES string of the molecule is CCOC(=O)[C@@H](CSC(C)=O)n1cc(C)c(=O)n(C(=O)c2ccccc2)c1=O. The Morgan fingerprint density at radius 2 is 1.79 bits per heavy atom. The predicted octanol–water partition coefficient (Wildman–Crippen LogP) is 1.39. The van der Waals surface area contributed by atoms with Gasteiger partial charge in [0.05, 0.1) is 6.61 Å². The number of thioether (sulfide) groups is 1. The van der Waals surface area contributed by atoms with E-state index in [-0.39, 0.29) is 28.6 Å². The van der Waals surface area contributed by atoms with E-state index in [1.165, 1.54) is 32.2 Å². The molecule has 2 aromatic rings. The van der Waals surface area contributed by atoms with Crippen molar-refractivity contribution in [1.82, 2.24) is 9.13 Å². The van der Waals surface area contributed by atoms with Crippen LogP contribution in [-0.2, 0) is 14.3 Å². The van der Waals surface area contributed by atoms with Crippen molar-refractivity contribution in [3.05, 3.63) is 68.5 Å². The van der Waals surface area contributed by atoms with Gasteiger partial charge in [-0.15, -0.1) is 0 Å². The number of hydrogen-bond donors (Lipinski definition) is 0. The van der Waals surface area contributed by atoms with Crippen LogP contribution in [0.3, 0.4) is 0 Å². The van der Waals surface area contributed by atoms with Gasteiger partial charge in [-0.05, 0) is 26.0 Å². The second-order valence-electron chi connectivity index (χ2n) is 5.88. The first-order valence-electron chi connectivity index (χ1n) is 8.52. The number of esters is 1. The van der Waals surface area contributed by atoms with E-state index in [4.69, 9.17) is 4.74 Å². The second-order valence-corrected chi connectivity index (χ2v) is 7.08. The van der Waals surface area contributed by atoms with E-state index in [0.29, 0.717) is 4.57 Å². The third-order valence-electron chi connectivity index (χ3n) is 3.85. The minimum absolute atomic E-state index is 0.0642. The van der Waals surface area contributed by atoms with E-state index in [1.807, 2.05) is 0 Å². The molecule has 2 rings (SSSR count). The predicted molar refractivity (Wildman–Crippen MR) is 105 cm³/mol. The van der Waals surface area contributed by atoms with Crippen molar-refractivity contribution in [1.29, 1.82) is 0 Å². The Labute approximate surface area is 165 Å². The molecule has 0 N–H and O–H groups in total. The molecule has 8 nitrogen and oxygen atoms in total. The molecule has 0 aliphatic heterocycles. The molecule has 0 fully saturated rings. The van der Waals surface area contributed by atoms with Gasteiger partial charge in [0.15, 0.2) is 5.12 Å². The van der Waals surface area contributed by atoms with Crippen LogP contribution in [-0.4, -0.2) is 38.5 Å². The van der Waals surface area contributed by atoms with Gasteiger partial charge in [0, 0.05) is 30.0 Å². The number of rotatable bonds is 6. The zero-order valence-electron chi connectivity index (χ0n) is 15.7. The average Bonchev–Trinajstić information content (AvgIpc) is 2.66. The first-order chi connectivity index (χ1) is 13.3. The summed E-state index contributed by atoms with van der Waals surface area (Å²) in [6.45, 7) is 4.46. The van der Waals surface area contributed by atoms with Crippen molar-refractivity contribution in [3.8, 4) is 0 Å². The van der Waals surface area contributed by atoms with E-state index < -0.39 is 29.2 Å². The fourth-order valence-electron chi connectivity index (χ4n) is 2.51. The molecule has 9 heteroatoms. The Kier molecular flexibility index (Phi) is 7.11. The van der Waals surface area contributed by atoms with Crippen LogP contribution in [0, 0.1) is 6.92 Å². The molecule has 0 saturated heterocycles. The molecule has 0 radical (unpaired) electrons. The third kappa shape index (κ3) is 4.66. The highest BCUT2D eigenvalue weighted by atomic mass is 32.2. The number of ether oxygens (including phenoxy) is 1. The molecule has 148 valence electrons. The summed E-state index contributed by atoms with van der Waals surface area (Å²) in [5.74, 6) is -1.59. The number of carbonyl (C=O) groups is 3. The zero-order valence-corrected chi connectivity index (χ0v) is 16.5. The molecule has 28 heavy (non-hydrogen) atoms. The van der Waals surface area contributed by atoms with Crippen molar-refractivity contribution in [2.75, 3.05) is 12.4 Å². The summed E-state index contributed by atoms with van der Waals surface area (Å²) in [7, 11) is 0. The lowest BCUT2D eigenvalue weighted by Gasteiger charge is -2.19. The summed E-state index contributed by atoms with van der Waals surface area (Å²) >= 11 is 0.846. The highest BCUT2D eigenvalue weighted by molar-refractivity contribution is 8.13. The summed E-state index contributed by atoms with van der Waals surface area (Å²) in [6.07, 6.45) is 1.21. The van der Waals surface area contributed by atoms with Crippen LogP contribution in [0.1, 0.15) is 35.8 Å².